The number of hydrogen-bond donors (Lipinski definition) is 2. The van der Waals surface area contributed by atoms with Gasteiger partial charge in [0.1, 0.15) is 5.82 Å². The highest BCUT2D eigenvalue weighted by Crippen LogP contribution is 2.26. The highest BCUT2D eigenvalue weighted by atomic mass is 19.1. The number of benzene rings is 1. The minimum absolute atomic E-state index is 0.0479. The van der Waals surface area contributed by atoms with Crippen LogP contribution in [-0.2, 0) is 14.3 Å². The first-order valence-electron chi connectivity index (χ1n) is 10.5. The van der Waals surface area contributed by atoms with Crippen molar-refractivity contribution in [3.8, 4) is 0 Å². The molecule has 0 aliphatic carbocycles. The van der Waals surface area contributed by atoms with Gasteiger partial charge in [-0.25, -0.2) is 4.39 Å². The average Bonchev–Trinajstić information content (AvgIpc) is 3.18. The molecule has 2 N–H and O–H groups in total. The number of fused-ring (bicyclic) bond motifs is 1. The first-order chi connectivity index (χ1) is 14.5. The van der Waals surface area contributed by atoms with Crippen molar-refractivity contribution in [2.45, 2.75) is 37.4 Å². The van der Waals surface area contributed by atoms with Gasteiger partial charge < -0.3 is 20.3 Å². The van der Waals surface area contributed by atoms with Crippen LogP contribution in [0.2, 0.25) is 0 Å². The third-order valence-electron chi connectivity index (χ3n) is 6.10. The van der Waals surface area contributed by atoms with E-state index in [-0.39, 0.29) is 41.4 Å². The second-order valence-electron chi connectivity index (χ2n) is 8.06. The van der Waals surface area contributed by atoms with E-state index < -0.39 is 5.82 Å². The van der Waals surface area contributed by atoms with Crippen LogP contribution in [0.3, 0.4) is 0 Å². The highest BCUT2D eigenvalue weighted by molar-refractivity contribution is 5.94. The summed E-state index contributed by atoms with van der Waals surface area (Å²) in [4.78, 5) is 41.2. The van der Waals surface area contributed by atoms with E-state index >= 15 is 0 Å². The lowest BCUT2D eigenvalue weighted by Crippen LogP contribution is -2.58. The molecule has 3 unspecified atom stereocenters. The van der Waals surface area contributed by atoms with Gasteiger partial charge in [0.05, 0.1) is 19.3 Å². The van der Waals surface area contributed by atoms with Gasteiger partial charge in [-0.2, -0.15) is 0 Å². The van der Waals surface area contributed by atoms with Crippen LogP contribution < -0.4 is 10.6 Å². The first-order valence-corrected chi connectivity index (χ1v) is 10.5. The van der Waals surface area contributed by atoms with E-state index in [9.17, 15) is 18.8 Å². The largest absolute Gasteiger partial charge is 0.378 e. The fourth-order valence-electron chi connectivity index (χ4n) is 4.51. The number of carbonyl (C=O) groups excluding carboxylic acids is 3. The number of morpholine rings is 1. The highest BCUT2D eigenvalue weighted by Gasteiger charge is 2.43. The monoisotopic (exact) mass is 418 g/mol. The molecule has 0 spiro atoms. The Kier molecular flexibility index (Phi) is 6.29. The first kappa shape index (κ1) is 20.7. The molecule has 0 bridgehead atoms. The average molecular weight is 418 g/mol. The van der Waals surface area contributed by atoms with E-state index in [1.54, 1.807) is 6.07 Å². The van der Waals surface area contributed by atoms with Crippen LogP contribution in [0.15, 0.2) is 24.3 Å². The van der Waals surface area contributed by atoms with Crippen molar-refractivity contribution in [3.63, 3.8) is 0 Å². The van der Waals surface area contributed by atoms with E-state index in [4.69, 9.17) is 4.74 Å². The van der Waals surface area contributed by atoms with Crippen molar-refractivity contribution in [2.24, 2.45) is 0 Å². The zero-order valence-corrected chi connectivity index (χ0v) is 16.8. The maximum absolute atomic E-state index is 13.4. The second kappa shape index (κ2) is 9.09. The molecule has 1 aromatic rings. The molecule has 8 nitrogen and oxygen atoms in total. The lowest BCUT2D eigenvalue weighted by Gasteiger charge is -2.37. The van der Waals surface area contributed by atoms with Gasteiger partial charge in [-0.05, 0) is 31.0 Å². The Morgan fingerprint density at radius 1 is 1.27 bits per heavy atom. The summed E-state index contributed by atoms with van der Waals surface area (Å²) in [6.45, 7) is 3.44. The molecule has 162 valence electrons. The van der Waals surface area contributed by atoms with Crippen molar-refractivity contribution in [1.29, 1.82) is 0 Å². The Labute approximate surface area is 174 Å². The molecule has 30 heavy (non-hydrogen) atoms. The smallest absolute Gasteiger partial charge is 0.251 e. The number of nitrogens with zero attached hydrogens (tertiary/aromatic N) is 2. The summed E-state index contributed by atoms with van der Waals surface area (Å²) >= 11 is 0. The van der Waals surface area contributed by atoms with Gasteiger partial charge in [0.15, 0.2) is 0 Å². The predicted octanol–water partition coefficient (Wildman–Crippen LogP) is 0.136. The number of carbonyl (C=O) groups is 3. The third-order valence-corrected chi connectivity index (χ3v) is 6.10. The quantitative estimate of drug-likeness (QED) is 0.710. The number of piperazine rings is 1. The van der Waals surface area contributed by atoms with Crippen molar-refractivity contribution in [2.75, 3.05) is 39.4 Å². The lowest BCUT2D eigenvalue weighted by atomic mass is 10.0. The molecule has 1 aromatic carbocycles. The SMILES string of the molecule is O=C(NC1CC2C(=O)NCC(CCC(=O)N3CCOCC3)N2C1)c1cccc(F)c1. The van der Waals surface area contributed by atoms with Gasteiger partial charge in [0, 0.05) is 50.2 Å². The van der Waals surface area contributed by atoms with Crippen LogP contribution in [0.1, 0.15) is 29.6 Å². The van der Waals surface area contributed by atoms with Gasteiger partial charge in [-0.15, -0.1) is 0 Å². The summed E-state index contributed by atoms with van der Waals surface area (Å²) in [5, 5.41) is 5.85. The maximum Gasteiger partial charge on any atom is 0.251 e. The minimum atomic E-state index is -0.462. The normalized spacial score (nSPS) is 26.8. The van der Waals surface area contributed by atoms with E-state index in [0.717, 1.165) is 0 Å². The zero-order valence-electron chi connectivity index (χ0n) is 16.8. The Balaban J connectivity index is 1.34. The summed E-state index contributed by atoms with van der Waals surface area (Å²) in [6, 6.07) is 5.08. The molecule has 0 aromatic heterocycles. The third kappa shape index (κ3) is 4.62. The van der Waals surface area contributed by atoms with Crippen LogP contribution >= 0.6 is 0 Å². The Bertz CT molecular complexity index is 814. The molecule has 3 fully saturated rings. The summed E-state index contributed by atoms with van der Waals surface area (Å²) in [5.41, 5.74) is 0.261. The van der Waals surface area contributed by atoms with E-state index in [0.29, 0.717) is 58.7 Å². The van der Waals surface area contributed by atoms with E-state index in [1.807, 2.05) is 4.90 Å². The Morgan fingerprint density at radius 2 is 2.07 bits per heavy atom. The summed E-state index contributed by atoms with van der Waals surface area (Å²) in [5.74, 6) is -0.746. The van der Waals surface area contributed by atoms with Crippen molar-refractivity contribution < 1.29 is 23.5 Å². The van der Waals surface area contributed by atoms with Crippen molar-refractivity contribution in [1.82, 2.24) is 20.4 Å². The molecular weight excluding hydrogens is 391 g/mol. The van der Waals surface area contributed by atoms with E-state index in [1.165, 1.54) is 18.2 Å². The molecule has 3 aliphatic heterocycles. The number of amides is 3. The molecule has 0 radical (unpaired) electrons. The molecule has 3 aliphatic rings. The Morgan fingerprint density at radius 3 is 2.83 bits per heavy atom. The minimum Gasteiger partial charge on any atom is -0.378 e. The van der Waals surface area contributed by atoms with Crippen LogP contribution in [0.4, 0.5) is 4.39 Å². The number of halogens is 1. The lowest BCUT2D eigenvalue weighted by molar-refractivity contribution is -0.136. The van der Waals surface area contributed by atoms with Crippen molar-refractivity contribution in [3.05, 3.63) is 35.6 Å². The molecule has 3 heterocycles. The van der Waals surface area contributed by atoms with Gasteiger partial charge >= 0.3 is 0 Å². The molecule has 9 heteroatoms. The standard InChI is InChI=1S/C21H27FN4O4/c22-15-3-1-2-14(10-15)20(28)24-16-11-18-21(29)23-12-17(26(18)13-16)4-5-19(27)25-6-8-30-9-7-25/h1-3,10,16-18H,4-9,11-13H2,(H,23,29)(H,24,28). The molecule has 4 rings (SSSR count). The molecule has 3 saturated heterocycles. The van der Waals surface area contributed by atoms with Crippen LogP contribution in [0, 0.1) is 5.82 Å². The fraction of sp³-hybridized carbons (Fsp3) is 0.571. The van der Waals surface area contributed by atoms with Gasteiger partial charge in [-0.1, -0.05) is 6.07 Å². The number of ether oxygens (including phenoxy) is 1. The molecule has 3 atom stereocenters. The summed E-state index contributed by atoms with van der Waals surface area (Å²) in [6.07, 6.45) is 1.57. The summed E-state index contributed by atoms with van der Waals surface area (Å²) < 4.78 is 18.7. The topological polar surface area (TPSA) is 91.0 Å². The van der Waals surface area contributed by atoms with Gasteiger partial charge in [0.2, 0.25) is 11.8 Å². The molecule has 3 amide bonds. The van der Waals surface area contributed by atoms with E-state index in [2.05, 4.69) is 15.5 Å². The molecular formula is C21H27FN4O4. The van der Waals surface area contributed by atoms with Crippen LogP contribution in [-0.4, -0.2) is 85.0 Å². The maximum atomic E-state index is 13.4. The fourth-order valence-corrected chi connectivity index (χ4v) is 4.51. The van der Waals surface area contributed by atoms with Gasteiger partial charge in [0.25, 0.3) is 5.91 Å². The number of hydrogen-bond acceptors (Lipinski definition) is 5. The Hall–Kier alpha value is -2.52. The second-order valence-corrected chi connectivity index (χ2v) is 8.06. The van der Waals surface area contributed by atoms with Crippen molar-refractivity contribution >= 4 is 17.7 Å². The summed E-state index contributed by atoms with van der Waals surface area (Å²) in [7, 11) is 0. The number of nitrogens with one attached hydrogen (secondary N) is 2. The zero-order chi connectivity index (χ0) is 21.1. The van der Waals surface area contributed by atoms with Crippen LogP contribution in [0.5, 0.6) is 0 Å². The molecule has 0 saturated carbocycles. The number of rotatable bonds is 5. The van der Waals surface area contributed by atoms with Crippen LogP contribution in [0.25, 0.3) is 0 Å². The predicted molar refractivity (Wildman–Crippen MR) is 106 cm³/mol. The van der Waals surface area contributed by atoms with Gasteiger partial charge in [-0.3, -0.25) is 19.3 Å².